The van der Waals surface area contributed by atoms with Crippen molar-refractivity contribution in [3.63, 3.8) is 0 Å². The number of Topliss-reactive ketones (excluding diaryl/α,β-unsaturated/α-hetero) is 1. The zero-order chi connectivity index (χ0) is 15.6. The summed E-state index contributed by atoms with van der Waals surface area (Å²) < 4.78 is 0. The maximum absolute atomic E-state index is 12.1. The van der Waals surface area contributed by atoms with Crippen molar-refractivity contribution in [2.45, 2.75) is 31.6 Å². The number of aromatic nitrogens is 1. The highest BCUT2D eigenvalue weighted by molar-refractivity contribution is 6.33. The van der Waals surface area contributed by atoms with Crippen LogP contribution in [0, 0.1) is 0 Å². The van der Waals surface area contributed by atoms with Crippen LogP contribution in [0.1, 0.15) is 37.2 Å². The number of pyridine rings is 1. The van der Waals surface area contributed by atoms with Gasteiger partial charge in [-0.1, -0.05) is 23.2 Å². The largest absolute Gasteiger partial charge is 0.315 e. The zero-order valence-corrected chi connectivity index (χ0v) is 13.8. The van der Waals surface area contributed by atoms with Gasteiger partial charge in [-0.2, -0.15) is 0 Å². The highest BCUT2D eigenvalue weighted by Crippen LogP contribution is 2.41. The van der Waals surface area contributed by atoms with Crippen LogP contribution in [0.5, 0.6) is 0 Å². The number of alkyl halides is 1. The van der Waals surface area contributed by atoms with Gasteiger partial charge in [-0.3, -0.25) is 9.59 Å². The van der Waals surface area contributed by atoms with Gasteiger partial charge in [0.25, 0.3) is 0 Å². The third-order valence-corrected chi connectivity index (χ3v) is 4.51. The molecule has 0 aliphatic carbocycles. The molecule has 0 saturated heterocycles. The lowest BCUT2D eigenvalue weighted by Gasteiger charge is -2.21. The Morgan fingerprint density at radius 2 is 2.19 bits per heavy atom. The maximum Gasteiger partial charge on any atom is 0.226 e. The van der Waals surface area contributed by atoms with Crippen molar-refractivity contribution in [3.05, 3.63) is 21.9 Å². The number of hydrogen-bond donors (Lipinski definition) is 0. The molecule has 0 N–H and O–H groups in total. The number of hydrogen-bond acceptors (Lipinski definition) is 3. The van der Waals surface area contributed by atoms with Crippen molar-refractivity contribution < 1.29 is 9.59 Å². The smallest absolute Gasteiger partial charge is 0.226 e. The quantitative estimate of drug-likeness (QED) is 0.613. The predicted molar refractivity (Wildman–Crippen MR) is 84.6 cm³/mol. The lowest BCUT2D eigenvalue weighted by molar-refractivity contribution is -0.118. The Morgan fingerprint density at radius 1 is 1.48 bits per heavy atom. The van der Waals surface area contributed by atoms with Gasteiger partial charge in [-0.05, 0) is 24.8 Å². The Kier molecular flexibility index (Phi) is 5.47. The van der Waals surface area contributed by atoms with Gasteiger partial charge >= 0.3 is 0 Å². The standard InChI is InChI=1S/C14H15Cl3N2O2/c1-19-10-6-11(16)18-14(17)13(10)8(3-5-12(19)21)2-4-9(20)7-15/h6,8H,2-5,7H2,1H3. The van der Waals surface area contributed by atoms with Crippen molar-refractivity contribution in [1.29, 1.82) is 0 Å². The van der Waals surface area contributed by atoms with E-state index in [1.165, 1.54) is 0 Å². The van der Waals surface area contributed by atoms with E-state index in [9.17, 15) is 9.59 Å². The second-order valence-corrected chi connectivity index (χ2v) is 6.08. The number of fused-ring (bicyclic) bond motifs is 1. The fourth-order valence-corrected chi connectivity index (χ4v) is 3.28. The summed E-state index contributed by atoms with van der Waals surface area (Å²) in [6, 6.07) is 1.64. The van der Waals surface area contributed by atoms with E-state index in [1.807, 2.05) is 0 Å². The molecule has 1 atom stereocenters. The van der Waals surface area contributed by atoms with Crippen molar-refractivity contribution in [3.8, 4) is 0 Å². The van der Waals surface area contributed by atoms with Gasteiger partial charge in [0, 0.05) is 25.5 Å². The lowest BCUT2D eigenvalue weighted by Crippen LogP contribution is -2.25. The Bertz CT molecular complexity index is 578. The topological polar surface area (TPSA) is 50.3 Å². The summed E-state index contributed by atoms with van der Waals surface area (Å²) in [5.74, 6) is -0.00959. The molecule has 21 heavy (non-hydrogen) atoms. The fourth-order valence-electron chi connectivity index (χ4n) is 2.57. The van der Waals surface area contributed by atoms with Crippen LogP contribution >= 0.6 is 34.8 Å². The molecule has 1 aromatic rings. The Hall–Kier alpha value is -0.840. The monoisotopic (exact) mass is 348 g/mol. The van der Waals surface area contributed by atoms with E-state index in [2.05, 4.69) is 4.98 Å². The van der Waals surface area contributed by atoms with E-state index >= 15 is 0 Å². The molecule has 7 heteroatoms. The lowest BCUT2D eigenvalue weighted by atomic mass is 9.90. The Morgan fingerprint density at radius 3 is 2.86 bits per heavy atom. The van der Waals surface area contributed by atoms with Crippen LogP contribution in [0.4, 0.5) is 5.69 Å². The first-order valence-electron chi connectivity index (χ1n) is 6.64. The minimum absolute atomic E-state index is 0.000697. The number of nitrogens with zero attached hydrogens (tertiary/aromatic N) is 2. The molecule has 0 bridgehead atoms. The molecule has 1 aromatic heterocycles. The summed E-state index contributed by atoms with van der Waals surface area (Å²) in [7, 11) is 1.69. The Balaban J connectivity index is 2.39. The molecule has 2 rings (SSSR count). The van der Waals surface area contributed by atoms with Crippen molar-refractivity contribution in [1.82, 2.24) is 4.98 Å². The van der Waals surface area contributed by atoms with Crippen LogP contribution in [0.25, 0.3) is 0 Å². The third-order valence-electron chi connectivity index (χ3n) is 3.73. The molecule has 1 aliphatic rings. The van der Waals surface area contributed by atoms with E-state index in [0.717, 1.165) is 5.56 Å². The van der Waals surface area contributed by atoms with Crippen molar-refractivity contribution in [2.24, 2.45) is 0 Å². The van der Waals surface area contributed by atoms with E-state index in [-0.39, 0.29) is 28.6 Å². The second-order valence-electron chi connectivity index (χ2n) is 5.07. The van der Waals surface area contributed by atoms with Gasteiger partial charge in [0.2, 0.25) is 5.91 Å². The highest BCUT2D eigenvalue weighted by atomic mass is 35.5. The minimum Gasteiger partial charge on any atom is -0.315 e. The fraction of sp³-hybridized carbons (Fsp3) is 0.500. The summed E-state index contributed by atoms with van der Waals surface area (Å²) in [5, 5.41) is 0.540. The molecular formula is C14H15Cl3N2O2. The summed E-state index contributed by atoms with van der Waals surface area (Å²) >= 11 is 17.7. The predicted octanol–water partition coefficient (Wildman–Crippen LogP) is 3.82. The number of amides is 1. The van der Waals surface area contributed by atoms with Gasteiger partial charge < -0.3 is 4.90 Å². The minimum atomic E-state index is -0.0137. The first kappa shape index (κ1) is 16.5. The van der Waals surface area contributed by atoms with E-state index in [1.54, 1.807) is 18.0 Å². The SMILES string of the molecule is CN1C(=O)CCC(CCC(=O)CCl)c2c1cc(Cl)nc2Cl. The van der Waals surface area contributed by atoms with Gasteiger partial charge in [-0.15, -0.1) is 11.6 Å². The molecule has 4 nitrogen and oxygen atoms in total. The van der Waals surface area contributed by atoms with Crippen LogP contribution in [0.15, 0.2) is 6.07 Å². The maximum atomic E-state index is 12.1. The average molecular weight is 350 g/mol. The van der Waals surface area contributed by atoms with Gasteiger partial charge in [0.1, 0.15) is 16.1 Å². The van der Waals surface area contributed by atoms with Crippen LogP contribution in [0.3, 0.4) is 0 Å². The molecule has 0 saturated carbocycles. The number of halogens is 3. The van der Waals surface area contributed by atoms with E-state index in [4.69, 9.17) is 34.8 Å². The van der Waals surface area contributed by atoms with Crippen LogP contribution < -0.4 is 4.90 Å². The molecule has 1 unspecified atom stereocenters. The number of anilines is 1. The van der Waals surface area contributed by atoms with E-state index in [0.29, 0.717) is 36.5 Å². The number of carbonyl (C=O) groups excluding carboxylic acids is 2. The summed E-state index contributed by atoms with van der Waals surface area (Å²) in [6.07, 6.45) is 2.00. The number of carbonyl (C=O) groups is 2. The van der Waals surface area contributed by atoms with Crippen LogP contribution in [-0.4, -0.2) is 29.6 Å². The molecule has 1 amide bonds. The second kappa shape index (κ2) is 6.95. The first-order chi connectivity index (χ1) is 9.93. The van der Waals surface area contributed by atoms with Crippen molar-refractivity contribution in [2.75, 3.05) is 17.8 Å². The zero-order valence-electron chi connectivity index (χ0n) is 11.5. The summed E-state index contributed by atoms with van der Waals surface area (Å²) in [6.45, 7) is 0. The van der Waals surface area contributed by atoms with E-state index < -0.39 is 0 Å². The van der Waals surface area contributed by atoms with Crippen molar-refractivity contribution >= 4 is 52.2 Å². The molecule has 114 valence electrons. The molecule has 0 spiro atoms. The highest BCUT2D eigenvalue weighted by Gasteiger charge is 2.29. The summed E-state index contributed by atoms with van der Waals surface area (Å²) in [5.41, 5.74) is 1.46. The van der Waals surface area contributed by atoms with Gasteiger partial charge in [-0.25, -0.2) is 4.98 Å². The first-order valence-corrected chi connectivity index (χ1v) is 7.93. The third kappa shape index (κ3) is 3.68. The molecule has 0 radical (unpaired) electrons. The molecule has 2 heterocycles. The van der Waals surface area contributed by atoms with Crippen LogP contribution in [-0.2, 0) is 9.59 Å². The molecular weight excluding hydrogens is 335 g/mol. The van der Waals surface area contributed by atoms with Crippen LogP contribution in [0.2, 0.25) is 10.3 Å². The molecule has 0 aromatic carbocycles. The Labute approximate surface area is 138 Å². The summed E-state index contributed by atoms with van der Waals surface area (Å²) in [4.78, 5) is 29.1. The number of rotatable bonds is 4. The molecule has 0 fully saturated rings. The number of ketones is 1. The molecule has 1 aliphatic heterocycles. The van der Waals surface area contributed by atoms with Gasteiger partial charge in [0.05, 0.1) is 11.6 Å². The normalized spacial score (nSPS) is 18.4. The average Bonchev–Trinajstić information content (AvgIpc) is 2.56. The van der Waals surface area contributed by atoms with Gasteiger partial charge in [0.15, 0.2) is 0 Å².